The first kappa shape index (κ1) is 19.7. The van der Waals surface area contributed by atoms with Crippen LogP contribution in [0.2, 0.25) is 0 Å². The van der Waals surface area contributed by atoms with Gasteiger partial charge in [0.25, 0.3) is 0 Å². The Kier molecular flexibility index (Phi) is 5.72. The molecular formula is C19H23N5O4S. The average molecular weight is 417 g/mol. The highest BCUT2D eigenvalue weighted by Gasteiger charge is 2.18. The molecule has 1 saturated heterocycles. The molecule has 1 aliphatic rings. The summed E-state index contributed by atoms with van der Waals surface area (Å²) < 4.78 is 18.0. The summed E-state index contributed by atoms with van der Waals surface area (Å²) in [6, 6.07) is 3.65. The Bertz CT molecular complexity index is 1050. The lowest BCUT2D eigenvalue weighted by molar-refractivity contribution is -0.119. The Hall–Kier alpha value is -2.59. The number of amides is 1. The van der Waals surface area contributed by atoms with E-state index in [0.29, 0.717) is 40.2 Å². The van der Waals surface area contributed by atoms with Gasteiger partial charge in [0.05, 0.1) is 31.6 Å². The number of thioether (sulfide) groups is 1. The maximum Gasteiger partial charge on any atom is 0.230 e. The number of ether oxygens (including phenoxy) is 3. The van der Waals surface area contributed by atoms with Gasteiger partial charge in [-0.15, -0.1) is 5.10 Å². The summed E-state index contributed by atoms with van der Waals surface area (Å²) in [5.41, 5.74) is 1.36. The van der Waals surface area contributed by atoms with Crippen molar-refractivity contribution in [3.8, 4) is 11.5 Å². The van der Waals surface area contributed by atoms with E-state index >= 15 is 0 Å². The molecule has 1 amide bonds. The van der Waals surface area contributed by atoms with Gasteiger partial charge >= 0.3 is 0 Å². The molecule has 3 aromatic rings. The summed E-state index contributed by atoms with van der Waals surface area (Å²) in [5.74, 6) is 1.96. The molecule has 0 spiro atoms. The molecular weight excluding hydrogens is 394 g/mol. The molecule has 1 atom stereocenters. The minimum absolute atomic E-state index is 0.0651. The maximum atomic E-state index is 12.3. The van der Waals surface area contributed by atoms with Crippen LogP contribution >= 0.6 is 11.8 Å². The smallest absolute Gasteiger partial charge is 0.230 e. The number of hydrogen-bond acceptors (Lipinski definition) is 8. The van der Waals surface area contributed by atoms with Crippen molar-refractivity contribution in [2.45, 2.75) is 31.0 Å². The van der Waals surface area contributed by atoms with Crippen molar-refractivity contribution >= 4 is 34.2 Å². The molecule has 0 aliphatic carbocycles. The number of methoxy groups -OCH3 is 2. The standard InChI is InChI=1S/C19H23N5O4S/c1-11-21-18-13-7-15(26-2)16(27-3)8-14(13)22-19(24(18)23-11)29-10-17(25)20-9-12-5-4-6-28-12/h7-8,12H,4-6,9-10H2,1-3H3,(H,20,25)/t12-/m1/s1. The summed E-state index contributed by atoms with van der Waals surface area (Å²) in [6.45, 7) is 3.13. The molecule has 1 N–H and O–H groups in total. The van der Waals surface area contributed by atoms with Crippen molar-refractivity contribution in [2.75, 3.05) is 33.1 Å². The molecule has 0 bridgehead atoms. The van der Waals surface area contributed by atoms with E-state index in [1.54, 1.807) is 24.8 Å². The van der Waals surface area contributed by atoms with Crippen LogP contribution in [0, 0.1) is 6.92 Å². The van der Waals surface area contributed by atoms with E-state index in [4.69, 9.17) is 19.2 Å². The van der Waals surface area contributed by atoms with E-state index in [1.165, 1.54) is 11.8 Å². The fourth-order valence-electron chi connectivity index (χ4n) is 3.32. The number of nitrogens with zero attached hydrogens (tertiary/aromatic N) is 4. The third-order valence-electron chi connectivity index (χ3n) is 4.74. The highest BCUT2D eigenvalue weighted by Crippen LogP contribution is 2.34. The van der Waals surface area contributed by atoms with Gasteiger partial charge < -0.3 is 19.5 Å². The van der Waals surface area contributed by atoms with Gasteiger partial charge in [0.2, 0.25) is 5.91 Å². The zero-order valence-corrected chi connectivity index (χ0v) is 17.4. The molecule has 1 aromatic carbocycles. The topological polar surface area (TPSA) is 99.9 Å². The van der Waals surface area contributed by atoms with E-state index in [2.05, 4.69) is 15.4 Å². The Labute approximate surface area is 172 Å². The van der Waals surface area contributed by atoms with Gasteiger partial charge in [0, 0.05) is 24.6 Å². The second kappa shape index (κ2) is 8.42. The summed E-state index contributed by atoms with van der Waals surface area (Å²) >= 11 is 1.32. The monoisotopic (exact) mass is 417 g/mol. The van der Waals surface area contributed by atoms with Crippen LogP contribution in [-0.2, 0) is 9.53 Å². The highest BCUT2D eigenvalue weighted by molar-refractivity contribution is 7.99. The van der Waals surface area contributed by atoms with Crippen molar-refractivity contribution in [1.82, 2.24) is 24.9 Å². The lowest BCUT2D eigenvalue weighted by atomic mass is 10.2. The van der Waals surface area contributed by atoms with Gasteiger partial charge in [0.1, 0.15) is 5.82 Å². The number of carbonyl (C=O) groups excluding carboxylic acids is 1. The first-order chi connectivity index (χ1) is 14.1. The molecule has 1 fully saturated rings. The molecule has 4 rings (SSSR count). The van der Waals surface area contributed by atoms with Crippen LogP contribution in [0.5, 0.6) is 11.5 Å². The zero-order chi connectivity index (χ0) is 20.4. The van der Waals surface area contributed by atoms with Crippen LogP contribution in [0.25, 0.3) is 16.6 Å². The third kappa shape index (κ3) is 4.08. The number of aromatic nitrogens is 4. The van der Waals surface area contributed by atoms with E-state index in [9.17, 15) is 4.79 Å². The van der Waals surface area contributed by atoms with Gasteiger partial charge in [-0.2, -0.15) is 4.52 Å². The largest absolute Gasteiger partial charge is 0.493 e. The van der Waals surface area contributed by atoms with E-state index < -0.39 is 0 Å². The van der Waals surface area contributed by atoms with Gasteiger partial charge in [-0.1, -0.05) is 11.8 Å². The van der Waals surface area contributed by atoms with E-state index in [0.717, 1.165) is 24.8 Å². The molecule has 29 heavy (non-hydrogen) atoms. The van der Waals surface area contributed by atoms with Crippen LogP contribution < -0.4 is 14.8 Å². The second-order valence-corrected chi connectivity index (χ2v) is 7.68. The van der Waals surface area contributed by atoms with Crippen molar-refractivity contribution in [1.29, 1.82) is 0 Å². The predicted octanol–water partition coefficient (Wildman–Crippen LogP) is 1.99. The minimum atomic E-state index is -0.0651. The first-order valence-corrected chi connectivity index (χ1v) is 10.4. The van der Waals surface area contributed by atoms with Crippen molar-refractivity contribution in [2.24, 2.45) is 0 Å². The summed E-state index contributed by atoms with van der Waals surface area (Å²) in [5, 5.41) is 8.76. The third-order valence-corrected chi connectivity index (χ3v) is 5.67. The molecule has 0 radical (unpaired) electrons. The quantitative estimate of drug-likeness (QED) is 0.460. The molecule has 10 heteroatoms. The molecule has 3 heterocycles. The van der Waals surface area contributed by atoms with Gasteiger partial charge in [-0.3, -0.25) is 4.79 Å². The first-order valence-electron chi connectivity index (χ1n) is 9.39. The number of aryl methyl sites for hydroxylation is 1. The van der Waals surface area contributed by atoms with E-state index in [1.807, 2.05) is 13.0 Å². The predicted molar refractivity (Wildman–Crippen MR) is 109 cm³/mol. The van der Waals surface area contributed by atoms with Crippen LogP contribution in [0.3, 0.4) is 0 Å². The fourth-order valence-corrected chi connectivity index (χ4v) is 4.10. The Balaban J connectivity index is 1.60. The average Bonchev–Trinajstić information content (AvgIpc) is 3.38. The summed E-state index contributed by atoms with van der Waals surface area (Å²) in [6.07, 6.45) is 2.16. The fraction of sp³-hybridized carbons (Fsp3) is 0.474. The number of carbonyl (C=O) groups is 1. The van der Waals surface area contributed by atoms with Gasteiger partial charge in [-0.05, 0) is 25.8 Å². The summed E-state index contributed by atoms with van der Waals surface area (Å²) in [4.78, 5) is 21.5. The molecule has 0 unspecified atom stereocenters. The SMILES string of the molecule is COc1cc2nc(SCC(=O)NC[C@H]3CCCO3)n3nc(C)nc3c2cc1OC. The van der Waals surface area contributed by atoms with Gasteiger partial charge in [0.15, 0.2) is 22.3 Å². The molecule has 1 aliphatic heterocycles. The Morgan fingerprint density at radius 1 is 1.31 bits per heavy atom. The van der Waals surface area contributed by atoms with Crippen LogP contribution in [0.15, 0.2) is 17.3 Å². The van der Waals surface area contributed by atoms with Crippen LogP contribution in [0.1, 0.15) is 18.7 Å². The van der Waals surface area contributed by atoms with Crippen molar-refractivity contribution in [3.05, 3.63) is 18.0 Å². The van der Waals surface area contributed by atoms with Crippen molar-refractivity contribution < 1.29 is 19.0 Å². The number of hydrogen-bond donors (Lipinski definition) is 1. The minimum Gasteiger partial charge on any atom is -0.493 e. The normalized spacial score (nSPS) is 16.4. The van der Waals surface area contributed by atoms with Crippen LogP contribution in [-0.4, -0.2) is 64.7 Å². The lowest BCUT2D eigenvalue weighted by Crippen LogP contribution is -2.32. The molecule has 154 valence electrons. The van der Waals surface area contributed by atoms with Crippen LogP contribution in [0.4, 0.5) is 0 Å². The van der Waals surface area contributed by atoms with Gasteiger partial charge in [-0.25, -0.2) is 9.97 Å². The van der Waals surface area contributed by atoms with E-state index in [-0.39, 0.29) is 17.8 Å². The zero-order valence-electron chi connectivity index (χ0n) is 16.6. The van der Waals surface area contributed by atoms with Crippen molar-refractivity contribution in [3.63, 3.8) is 0 Å². The Morgan fingerprint density at radius 3 is 2.83 bits per heavy atom. The lowest BCUT2D eigenvalue weighted by Gasteiger charge is -2.12. The molecule has 0 saturated carbocycles. The molecule has 9 nitrogen and oxygen atoms in total. The summed E-state index contributed by atoms with van der Waals surface area (Å²) in [7, 11) is 3.17. The molecule has 2 aromatic heterocycles. The number of nitrogens with one attached hydrogen (secondary N) is 1. The Morgan fingerprint density at radius 2 is 2.10 bits per heavy atom. The maximum absolute atomic E-state index is 12.3. The number of benzene rings is 1. The highest BCUT2D eigenvalue weighted by atomic mass is 32.2. The second-order valence-electron chi connectivity index (χ2n) is 6.74. The number of fused-ring (bicyclic) bond motifs is 3. The number of rotatable bonds is 7.